The molecule has 0 spiro atoms. The van der Waals surface area contributed by atoms with Crippen LogP contribution in [0.1, 0.15) is 30.3 Å². The van der Waals surface area contributed by atoms with E-state index in [4.69, 9.17) is 13.9 Å². The van der Waals surface area contributed by atoms with Gasteiger partial charge in [-0.3, -0.25) is 14.9 Å². The first-order valence-electron chi connectivity index (χ1n) is 7.32. The lowest BCUT2D eigenvalue weighted by Gasteiger charge is -2.29. The number of rotatable bonds is 6. The average Bonchev–Trinajstić information content (AvgIpc) is 3.03. The van der Waals surface area contributed by atoms with Crippen LogP contribution in [0.2, 0.25) is 0 Å². The number of amides is 1. The SMILES string of the molecule is CCOC(=O)[C@@H](NC(=O)c1ccc([N+](=O)[O-])o1)[C@H]1CCCOC1. The molecule has 0 aliphatic carbocycles. The van der Waals surface area contributed by atoms with Gasteiger partial charge in [-0.15, -0.1) is 0 Å². The van der Waals surface area contributed by atoms with Gasteiger partial charge in [-0.05, 0) is 25.8 Å². The standard InChI is InChI=1S/C14H18N2O7/c1-2-22-14(18)12(9-4-3-7-21-8-9)15-13(17)10-5-6-11(23-10)16(19)20/h5-6,9,12H,2-4,7-8H2,1H3,(H,15,17)/t9-,12-/m0/s1. The van der Waals surface area contributed by atoms with E-state index in [0.717, 1.165) is 12.5 Å². The second kappa shape index (κ2) is 7.73. The fraction of sp³-hybridized carbons (Fsp3) is 0.571. The van der Waals surface area contributed by atoms with Crippen LogP contribution in [0.15, 0.2) is 16.5 Å². The third kappa shape index (κ3) is 4.28. The number of carbonyl (C=O) groups is 2. The molecule has 1 fully saturated rings. The summed E-state index contributed by atoms with van der Waals surface area (Å²) in [4.78, 5) is 34.1. The molecule has 1 amide bonds. The van der Waals surface area contributed by atoms with Gasteiger partial charge in [-0.2, -0.15) is 0 Å². The van der Waals surface area contributed by atoms with Gasteiger partial charge in [-0.1, -0.05) is 0 Å². The van der Waals surface area contributed by atoms with Gasteiger partial charge in [0.15, 0.2) is 5.76 Å². The fourth-order valence-electron chi connectivity index (χ4n) is 2.39. The van der Waals surface area contributed by atoms with Gasteiger partial charge in [-0.25, -0.2) is 4.79 Å². The second-order valence-corrected chi connectivity index (χ2v) is 5.08. The summed E-state index contributed by atoms with van der Waals surface area (Å²) in [5.74, 6) is -2.25. The Balaban J connectivity index is 2.10. The highest BCUT2D eigenvalue weighted by Gasteiger charge is 2.33. The molecule has 1 aromatic heterocycles. The lowest BCUT2D eigenvalue weighted by molar-refractivity contribution is -0.402. The normalized spacial score (nSPS) is 18.9. The first-order chi connectivity index (χ1) is 11.0. The Bertz CT molecular complexity index is 577. The number of esters is 1. The molecule has 2 rings (SSSR count). The van der Waals surface area contributed by atoms with E-state index in [9.17, 15) is 19.7 Å². The maximum Gasteiger partial charge on any atom is 0.433 e. The maximum absolute atomic E-state index is 12.2. The van der Waals surface area contributed by atoms with Crippen molar-refractivity contribution in [2.24, 2.45) is 5.92 Å². The van der Waals surface area contributed by atoms with E-state index >= 15 is 0 Å². The number of carbonyl (C=O) groups excluding carboxylic acids is 2. The molecule has 1 aromatic rings. The monoisotopic (exact) mass is 326 g/mol. The van der Waals surface area contributed by atoms with Gasteiger partial charge >= 0.3 is 11.9 Å². The lowest BCUT2D eigenvalue weighted by Crippen LogP contribution is -2.49. The predicted octanol–water partition coefficient (Wildman–Crippen LogP) is 1.28. The van der Waals surface area contributed by atoms with E-state index in [-0.39, 0.29) is 18.3 Å². The van der Waals surface area contributed by atoms with Crippen molar-refractivity contribution in [1.29, 1.82) is 0 Å². The van der Waals surface area contributed by atoms with Crippen molar-refractivity contribution in [3.63, 3.8) is 0 Å². The van der Waals surface area contributed by atoms with Crippen LogP contribution in [0.25, 0.3) is 0 Å². The minimum atomic E-state index is -0.882. The molecule has 1 aliphatic rings. The quantitative estimate of drug-likeness (QED) is 0.474. The number of hydrogen-bond donors (Lipinski definition) is 1. The van der Waals surface area contributed by atoms with Gasteiger partial charge < -0.3 is 19.2 Å². The molecule has 2 heterocycles. The first-order valence-corrected chi connectivity index (χ1v) is 7.32. The minimum absolute atomic E-state index is 0.186. The number of ether oxygens (including phenoxy) is 2. The third-order valence-corrected chi connectivity index (χ3v) is 3.49. The minimum Gasteiger partial charge on any atom is -0.464 e. The van der Waals surface area contributed by atoms with Gasteiger partial charge in [0, 0.05) is 12.5 Å². The molecule has 0 radical (unpaired) electrons. The van der Waals surface area contributed by atoms with E-state index in [1.165, 1.54) is 6.07 Å². The highest BCUT2D eigenvalue weighted by atomic mass is 16.6. The summed E-state index contributed by atoms with van der Waals surface area (Å²) >= 11 is 0. The molecule has 1 saturated heterocycles. The van der Waals surface area contributed by atoms with E-state index in [2.05, 4.69) is 5.32 Å². The van der Waals surface area contributed by atoms with Gasteiger partial charge in [0.1, 0.15) is 11.0 Å². The summed E-state index contributed by atoms with van der Waals surface area (Å²) in [7, 11) is 0. The number of nitrogens with one attached hydrogen (secondary N) is 1. The summed E-state index contributed by atoms with van der Waals surface area (Å²) in [6, 6.07) is 1.39. The number of nitro groups is 1. The van der Waals surface area contributed by atoms with Crippen LogP contribution in [0.4, 0.5) is 5.88 Å². The largest absolute Gasteiger partial charge is 0.464 e. The zero-order valence-electron chi connectivity index (χ0n) is 12.6. The first kappa shape index (κ1) is 16.9. The molecule has 0 saturated carbocycles. The summed E-state index contributed by atoms with van der Waals surface area (Å²) in [5, 5.41) is 13.1. The summed E-state index contributed by atoms with van der Waals surface area (Å²) in [6.45, 7) is 2.81. The summed E-state index contributed by atoms with van der Waals surface area (Å²) < 4.78 is 15.2. The highest BCUT2D eigenvalue weighted by molar-refractivity contribution is 5.94. The zero-order valence-corrected chi connectivity index (χ0v) is 12.6. The number of nitrogens with zero attached hydrogens (tertiary/aromatic N) is 1. The Kier molecular flexibility index (Phi) is 5.69. The molecule has 1 N–H and O–H groups in total. The Morgan fingerprint density at radius 2 is 2.30 bits per heavy atom. The molecule has 9 heteroatoms. The van der Waals surface area contributed by atoms with Crippen LogP contribution in [-0.4, -0.2) is 42.7 Å². The molecule has 0 aromatic carbocycles. The molecule has 23 heavy (non-hydrogen) atoms. The van der Waals surface area contributed by atoms with Crippen LogP contribution in [0.3, 0.4) is 0 Å². The highest BCUT2D eigenvalue weighted by Crippen LogP contribution is 2.20. The van der Waals surface area contributed by atoms with Crippen molar-refractivity contribution >= 4 is 17.8 Å². The molecule has 9 nitrogen and oxygen atoms in total. The van der Waals surface area contributed by atoms with Crippen LogP contribution in [-0.2, 0) is 14.3 Å². The smallest absolute Gasteiger partial charge is 0.433 e. The number of hydrogen-bond acceptors (Lipinski definition) is 7. The fourth-order valence-corrected chi connectivity index (χ4v) is 2.39. The zero-order chi connectivity index (χ0) is 16.8. The molecule has 2 atom stereocenters. The van der Waals surface area contributed by atoms with Crippen LogP contribution in [0, 0.1) is 16.0 Å². The Hall–Kier alpha value is -2.42. The molecule has 0 unspecified atom stereocenters. The topological polar surface area (TPSA) is 121 Å². The van der Waals surface area contributed by atoms with E-state index in [1.54, 1.807) is 6.92 Å². The van der Waals surface area contributed by atoms with Gasteiger partial charge in [0.2, 0.25) is 0 Å². The maximum atomic E-state index is 12.2. The van der Waals surface area contributed by atoms with Gasteiger partial charge in [0.05, 0.1) is 19.3 Å². The van der Waals surface area contributed by atoms with Crippen molar-refractivity contribution in [3.05, 3.63) is 28.0 Å². The second-order valence-electron chi connectivity index (χ2n) is 5.08. The van der Waals surface area contributed by atoms with E-state index in [1.807, 2.05) is 0 Å². The van der Waals surface area contributed by atoms with E-state index in [0.29, 0.717) is 19.6 Å². The Morgan fingerprint density at radius 3 is 2.87 bits per heavy atom. The van der Waals surface area contributed by atoms with Crippen molar-refractivity contribution in [2.75, 3.05) is 19.8 Å². The van der Waals surface area contributed by atoms with Crippen molar-refractivity contribution < 1.29 is 28.4 Å². The lowest BCUT2D eigenvalue weighted by atomic mass is 9.93. The molecule has 0 bridgehead atoms. The van der Waals surface area contributed by atoms with Crippen LogP contribution < -0.4 is 5.32 Å². The van der Waals surface area contributed by atoms with Crippen molar-refractivity contribution in [3.8, 4) is 0 Å². The Labute approximate surface area is 132 Å². The molecule has 1 aliphatic heterocycles. The van der Waals surface area contributed by atoms with E-state index < -0.39 is 28.7 Å². The predicted molar refractivity (Wildman–Crippen MR) is 76.8 cm³/mol. The number of furan rings is 1. The summed E-state index contributed by atoms with van der Waals surface area (Å²) in [5.41, 5.74) is 0. The van der Waals surface area contributed by atoms with Crippen molar-refractivity contribution in [1.82, 2.24) is 5.32 Å². The third-order valence-electron chi connectivity index (χ3n) is 3.49. The molecular weight excluding hydrogens is 308 g/mol. The average molecular weight is 326 g/mol. The molecule has 126 valence electrons. The van der Waals surface area contributed by atoms with Crippen LogP contribution >= 0.6 is 0 Å². The van der Waals surface area contributed by atoms with Crippen molar-refractivity contribution in [2.45, 2.75) is 25.8 Å². The van der Waals surface area contributed by atoms with Crippen LogP contribution in [0.5, 0.6) is 0 Å². The molecular formula is C14H18N2O7. The Morgan fingerprint density at radius 1 is 1.52 bits per heavy atom. The van der Waals surface area contributed by atoms with Gasteiger partial charge in [0.25, 0.3) is 5.91 Å². The summed E-state index contributed by atoms with van der Waals surface area (Å²) in [6.07, 6.45) is 1.49.